The van der Waals surface area contributed by atoms with Gasteiger partial charge in [-0.3, -0.25) is 4.79 Å². The normalized spacial score (nSPS) is 16.8. The van der Waals surface area contributed by atoms with Gasteiger partial charge in [0.2, 0.25) is 0 Å². The van der Waals surface area contributed by atoms with Crippen molar-refractivity contribution >= 4 is 28.8 Å². The molecule has 1 aromatic carbocycles. The largest absolute Gasteiger partial charge is 0.393 e. The van der Waals surface area contributed by atoms with Gasteiger partial charge in [-0.1, -0.05) is 51.9 Å². The summed E-state index contributed by atoms with van der Waals surface area (Å²) in [6.45, 7) is 15.9. The van der Waals surface area contributed by atoms with E-state index >= 15 is 0 Å². The summed E-state index contributed by atoms with van der Waals surface area (Å²) in [6.07, 6.45) is 6.21. The highest BCUT2D eigenvalue weighted by Crippen LogP contribution is 2.25. The Kier molecular flexibility index (Phi) is 20.7. The molecule has 1 aromatic heterocycles. The number of primary amides is 1. The first kappa shape index (κ1) is 35.1. The van der Waals surface area contributed by atoms with Crippen LogP contribution < -0.4 is 28.3 Å². The van der Waals surface area contributed by atoms with Crippen LogP contribution in [0.15, 0.2) is 54.2 Å². The third kappa shape index (κ3) is 13.1. The van der Waals surface area contributed by atoms with Gasteiger partial charge in [0.05, 0.1) is 11.3 Å². The molecule has 9 nitrogen and oxygen atoms in total. The van der Waals surface area contributed by atoms with E-state index in [-0.39, 0.29) is 23.5 Å². The van der Waals surface area contributed by atoms with Gasteiger partial charge in [0.25, 0.3) is 5.91 Å². The minimum Gasteiger partial charge on any atom is -0.393 e. The van der Waals surface area contributed by atoms with Gasteiger partial charge in [0, 0.05) is 30.9 Å². The molecule has 0 radical (unpaired) electrons. The molecule has 2 atom stereocenters. The molecule has 1 aliphatic rings. The van der Waals surface area contributed by atoms with E-state index in [2.05, 4.69) is 33.7 Å². The lowest BCUT2D eigenvalue weighted by Crippen LogP contribution is -2.43. The second-order valence-electron chi connectivity index (χ2n) is 6.99. The van der Waals surface area contributed by atoms with E-state index in [1.54, 1.807) is 19.2 Å². The number of amides is 1. The Morgan fingerprint density at radius 3 is 1.89 bits per heavy atom. The maximum atomic E-state index is 11.3. The molecule has 1 heterocycles. The Bertz CT molecular complexity index is 899. The number of nitrogens with zero attached hydrogens (tertiary/aromatic N) is 3. The zero-order chi connectivity index (χ0) is 28.1. The second-order valence-corrected chi connectivity index (χ2v) is 8.17. The third-order valence-corrected chi connectivity index (χ3v) is 5.48. The van der Waals surface area contributed by atoms with Gasteiger partial charge in [0.15, 0.2) is 0 Å². The molecule has 1 fully saturated rings. The number of amidine groups is 1. The van der Waals surface area contributed by atoms with Crippen molar-refractivity contribution < 1.29 is 4.79 Å². The average Bonchev–Trinajstić information content (AvgIpc) is 3.34. The van der Waals surface area contributed by atoms with Crippen LogP contribution in [-0.4, -0.2) is 41.1 Å². The molecule has 0 spiro atoms. The van der Waals surface area contributed by atoms with Crippen LogP contribution in [0.5, 0.6) is 0 Å². The average molecular weight is 519 g/mol. The summed E-state index contributed by atoms with van der Waals surface area (Å²) in [5.74, 6) is -0.585. The second kappa shape index (κ2) is 21.2. The van der Waals surface area contributed by atoms with E-state index in [4.69, 9.17) is 22.9 Å². The van der Waals surface area contributed by atoms with Gasteiger partial charge in [-0.05, 0) is 44.0 Å². The number of aryl methyl sites for hydroxylation is 1. The van der Waals surface area contributed by atoms with Gasteiger partial charge in [0.1, 0.15) is 15.9 Å². The van der Waals surface area contributed by atoms with Crippen LogP contribution in [0.2, 0.25) is 0 Å². The van der Waals surface area contributed by atoms with Crippen molar-refractivity contribution in [2.45, 2.75) is 72.4 Å². The molecule has 1 amide bonds. The number of benzene rings is 1. The fourth-order valence-corrected chi connectivity index (χ4v) is 3.59. The highest BCUT2D eigenvalue weighted by molar-refractivity contribution is 7.14. The highest BCUT2D eigenvalue weighted by Gasteiger charge is 2.16. The quantitative estimate of drug-likeness (QED) is 0.171. The Morgan fingerprint density at radius 1 is 1.03 bits per heavy atom. The zero-order valence-corrected chi connectivity index (χ0v) is 23.6. The molecule has 36 heavy (non-hydrogen) atoms. The minimum atomic E-state index is -0.642. The van der Waals surface area contributed by atoms with Crippen LogP contribution >= 0.6 is 11.3 Å². The van der Waals surface area contributed by atoms with Crippen molar-refractivity contribution in [3.8, 4) is 10.6 Å². The first-order chi connectivity index (χ1) is 17.3. The zero-order valence-electron chi connectivity index (χ0n) is 22.8. The van der Waals surface area contributed by atoms with Crippen LogP contribution in [0.4, 0.5) is 5.69 Å². The predicted molar refractivity (Wildman–Crippen MR) is 156 cm³/mol. The summed E-state index contributed by atoms with van der Waals surface area (Å²) < 4.78 is 0. The van der Waals surface area contributed by atoms with Gasteiger partial charge in [-0.25, -0.2) is 4.99 Å². The molecular formula is C26H46N8OS. The van der Waals surface area contributed by atoms with Crippen LogP contribution in [0.1, 0.15) is 58.4 Å². The van der Waals surface area contributed by atoms with E-state index in [1.165, 1.54) is 30.4 Å². The van der Waals surface area contributed by atoms with Crippen molar-refractivity contribution in [3.05, 3.63) is 54.2 Å². The number of nitrogens with one attached hydrogen (secondary N) is 1. The van der Waals surface area contributed by atoms with Gasteiger partial charge in [-0.2, -0.15) is 0 Å². The highest BCUT2D eigenvalue weighted by atomic mass is 32.1. The Labute approximate surface area is 221 Å². The molecule has 1 saturated carbocycles. The summed E-state index contributed by atoms with van der Waals surface area (Å²) in [5.41, 5.74) is 24.1. The van der Waals surface area contributed by atoms with Crippen LogP contribution in [0.3, 0.4) is 0 Å². The summed E-state index contributed by atoms with van der Waals surface area (Å²) in [5, 5.41) is 12.5. The van der Waals surface area contributed by atoms with Crippen LogP contribution in [0.25, 0.3) is 10.6 Å². The molecule has 0 bridgehead atoms. The Balaban J connectivity index is 0. The fraction of sp³-hybridized carbons (Fsp3) is 0.462. The van der Waals surface area contributed by atoms with Gasteiger partial charge in [-0.15, -0.1) is 23.4 Å². The number of hydrogen-bond acceptors (Lipinski definition) is 8. The number of nitrogens with two attached hydrogens (primary N) is 4. The first-order valence-electron chi connectivity index (χ1n) is 12.2. The Hall–Kier alpha value is -3.08. The molecular weight excluding hydrogens is 472 g/mol. The van der Waals surface area contributed by atoms with E-state index in [1.807, 2.05) is 46.8 Å². The number of aromatic nitrogens is 2. The molecule has 202 valence electrons. The van der Waals surface area contributed by atoms with Gasteiger partial charge >= 0.3 is 0 Å². The maximum Gasteiger partial charge on any atom is 0.253 e. The van der Waals surface area contributed by atoms with Crippen LogP contribution in [0, 0.1) is 6.92 Å². The summed E-state index contributed by atoms with van der Waals surface area (Å²) in [7, 11) is 1.65. The molecule has 0 unspecified atom stereocenters. The fourth-order valence-electron chi connectivity index (χ4n) is 2.89. The van der Waals surface area contributed by atoms with Crippen molar-refractivity contribution in [2.24, 2.45) is 27.9 Å². The SMILES string of the molecule is C=C.CC.CC.CN/C=C(/C(N)=O)C(N)=Nc1ccc(-c2nnc(C)s2)cc1.N[C@@H]1CCCC[C@@H]1N. The number of hydrogen-bond donors (Lipinski definition) is 5. The Morgan fingerprint density at radius 2 is 1.53 bits per heavy atom. The number of rotatable bonds is 5. The smallest absolute Gasteiger partial charge is 0.253 e. The molecule has 0 saturated heterocycles. The van der Waals surface area contributed by atoms with Crippen LogP contribution in [-0.2, 0) is 4.79 Å². The molecule has 10 heteroatoms. The van der Waals surface area contributed by atoms with E-state index in [0.717, 1.165) is 28.4 Å². The summed E-state index contributed by atoms with van der Waals surface area (Å²) in [4.78, 5) is 15.5. The lowest BCUT2D eigenvalue weighted by molar-refractivity contribution is -0.114. The number of carbonyl (C=O) groups excluding carboxylic acids is 1. The predicted octanol–water partition coefficient (Wildman–Crippen LogP) is 4.16. The van der Waals surface area contributed by atoms with E-state index in [9.17, 15) is 4.79 Å². The van der Waals surface area contributed by atoms with Gasteiger partial charge < -0.3 is 28.3 Å². The first-order valence-corrected chi connectivity index (χ1v) is 13.1. The molecule has 2 aromatic rings. The molecule has 0 aliphatic heterocycles. The summed E-state index contributed by atoms with van der Waals surface area (Å²) in [6, 6.07) is 7.89. The lowest BCUT2D eigenvalue weighted by Gasteiger charge is -2.24. The lowest BCUT2D eigenvalue weighted by atomic mass is 9.92. The minimum absolute atomic E-state index is 0.0568. The summed E-state index contributed by atoms with van der Waals surface area (Å²) >= 11 is 1.51. The van der Waals surface area contributed by atoms with E-state index in [0.29, 0.717) is 5.69 Å². The van der Waals surface area contributed by atoms with Crippen molar-refractivity contribution in [2.75, 3.05) is 7.05 Å². The standard InChI is InChI=1S/C14H16N6OS.C6H14N2.2C2H6.C2H4/c1-8-19-20-14(22-8)9-3-5-10(6-4-9)18-12(15)11(7-17-2)13(16)21;7-5-3-1-2-4-6(5)8;3*1-2/h3-7,17H,1-2H3,(H2,15,18)(H2,16,21);5-6H,1-4,7-8H2;2*1-2H3;1-2H2/b11-7+;;;;/t;5-,6+;;;. The monoisotopic (exact) mass is 518 g/mol. The van der Waals surface area contributed by atoms with E-state index < -0.39 is 5.91 Å². The number of aliphatic imine (C=N–C) groups is 1. The van der Waals surface area contributed by atoms with Crippen molar-refractivity contribution in [3.63, 3.8) is 0 Å². The topological polar surface area (TPSA) is 171 Å². The maximum absolute atomic E-state index is 11.3. The molecule has 1 aliphatic carbocycles. The number of carbonyl (C=O) groups is 1. The van der Waals surface area contributed by atoms with Crippen molar-refractivity contribution in [1.29, 1.82) is 0 Å². The molecule has 9 N–H and O–H groups in total. The molecule has 3 rings (SSSR count). The van der Waals surface area contributed by atoms with Crippen molar-refractivity contribution in [1.82, 2.24) is 15.5 Å². The third-order valence-electron chi connectivity index (χ3n) is 4.59.